The van der Waals surface area contributed by atoms with E-state index in [0.717, 1.165) is 38.0 Å². The maximum absolute atomic E-state index is 12.9. The fraction of sp³-hybridized carbons (Fsp3) is 0.500. The standard InChI is InChI=1S/C14H16FN3O/c15-12-3-1-10(2-4-12)13-16-14(19-17-13)9-18-7-5-11(14)6-8-18/h1-4,11H,5-9H2,(H,16,17). The van der Waals surface area contributed by atoms with Crippen molar-refractivity contribution in [1.82, 2.24) is 10.2 Å². The molecule has 0 amide bonds. The number of amidine groups is 1. The predicted molar refractivity (Wildman–Crippen MR) is 69.1 cm³/mol. The van der Waals surface area contributed by atoms with Gasteiger partial charge in [-0.3, -0.25) is 4.90 Å². The minimum atomic E-state index is -0.361. The summed E-state index contributed by atoms with van der Waals surface area (Å²) >= 11 is 0. The average Bonchev–Trinajstić information content (AvgIpc) is 2.85. The summed E-state index contributed by atoms with van der Waals surface area (Å²) in [7, 11) is 0. The summed E-state index contributed by atoms with van der Waals surface area (Å²) in [5.74, 6) is 0.994. The quantitative estimate of drug-likeness (QED) is 0.833. The molecule has 1 N–H and O–H groups in total. The van der Waals surface area contributed by atoms with E-state index in [0.29, 0.717) is 11.8 Å². The normalized spacial score (nSPS) is 35.9. The largest absolute Gasteiger partial charge is 0.364 e. The van der Waals surface area contributed by atoms with E-state index in [1.165, 1.54) is 12.1 Å². The van der Waals surface area contributed by atoms with Crippen LogP contribution in [0.15, 0.2) is 29.4 Å². The Balaban J connectivity index is 1.57. The Morgan fingerprint density at radius 3 is 2.63 bits per heavy atom. The molecule has 2 bridgehead atoms. The topological polar surface area (TPSA) is 36.9 Å². The second-order valence-corrected chi connectivity index (χ2v) is 5.60. The van der Waals surface area contributed by atoms with Gasteiger partial charge in [-0.1, -0.05) is 5.16 Å². The van der Waals surface area contributed by atoms with Crippen LogP contribution in [0.5, 0.6) is 0 Å². The zero-order valence-electron chi connectivity index (χ0n) is 10.6. The fourth-order valence-electron chi connectivity index (χ4n) is 3.37. The molecule has 3 fully saturated rings. The maximum atomic E-state index is 12.9. The summed E-state index contributed by atoms with van der Waals surface area (Å²) < 4.78 is 12.9. The number of nitrogens with one attached hydrogen (secondary N) is 1. The highest BCUT2D eigenvalue weighted by Crippen LogP contribution is 2.38. The van der Waals surface area contributed by atoms with Crippen LogP contribution in [-0.4, -0.2) is 36.1 Å². The third-order valence-corrected chi connectivity index (χ3v) is 4.45. The molecular formula is C14H16FN3O. The number of hydrogen-bond acceptors (Lipinski definition) is 4. The Labute approximate surface area is 111 Å². The first kappa shape index (κ1) is 11.2. The first-order valence-corrected chi connectivity index (χ1v) is 6.78. The summed E-state index contributed by atoms with van der Waals surface area (Å²) in [5.41, 5.74) is 0.509. The minimum Gasteiger partial charge on any atom is -0.364 e. The molecule has 4 aliphatic heterocycles. The molecule has 0 aromatic heterocycles. The van der Waals surface area contributed by atoms with Crippen molar-refractivity contribution < 1.29 is 9.23 Å². The molecular weight excluding hydrogens is 245 g/mol. The molecule has 5 rings (SSSR count). The second kappa shape index (κ2) is 3.93. The summed E-state index contributed by atoms with van der Waals surface area (Å²) in [4.78, 5) is 8.17. The lowest BCUT2D eigenvalue weighted by Crippen LogP contribution is -2.65. The van der Waals surface area contributed by atoms with Crippen molar-refractivity contribution >= 4 is 5.84 Å². The molecule has 4 aliphatic rings. The molecule has 0 aliphatic carbocycles. The van der Waals surface area contributed by atoms with Crippen LogP contribution in [0.1, 0.15) is 18.4 Å². The van der Waals surface area contributed by atoms with Crippen molar-refractivity contribution in [2.75, 3.05) is 19.6 Å². The lowest BCUT2D eigenvalue weighted by Gasteiger charge is -2.49. The Kier molecular flexibility index (Phi) is 2.33. The van der Waals surface area contributed by atoms with Crippen LogP contribution in [0.25, 0.3) is 0 Å². The lowest BCUT2D eigenvalue weighted by atomic mass is 9.81. The van der Waals surface area contributed by atoms with Gasteiger partial charge in [0.2, 0.25) is 5.72 Å². The predicted octanol–water partition coefficient (Wildman–Crippen LogP) is 1.53. The smallest absolute Gasteiger partial charge is 0.224 e. The third kappa shape index (κ3) is 1.72. The highest BCUT2D eigenvalue weighted by molar-refractivity contribution is 5.99. The number of piperidine rings is 3. The molecule has 0 radical (unpaired) electrons. The first-order chi connectivity index (χ1) is 9.25. The van der Waals surface area contributed by atoms with Crippen molar-refractivity contribution in [2.45, 2.75) is 18.6 Å². The van der Waals surface area contributed by atoms with Crippen LogP contribution in [0, 0.1) is 11.7 Å². The number of fused-ring (bicyclic) bond motifs is 2. The van der Waals surface area contributed by atoms with Gasteiger partial charge in [0.25, 0.3) is 0 Å². The molecule has 1 aromatic carbocycles. The van der Waals surface area contributed by atoms with E-state index in [9.17, 15) is 4.39 Å². The number of rotatable bonds is 1. The van der Waals surface area contributed by atoms with Crippen LogP contribution in [0.3, 0.4) is 0 Å². The Bertz CT molecular complexity index is 522. The molecule has 1 atom stereocenters. The van der Waals surface area contributed by atoms with Gasteiger partial charge >= 0.3 is 0 Å². The number of nitrogens with zero attached hydrogens (tertiary/aromatic N) is 2. The van der Waals surface area contributed by atoms with Crippen molar-refractivity contribution in [3.63, 3.8) is 0 Å². The number of benzene rings is 1. The number of oxime groups is 1. The molecule has 1 aromatic rings. The van der Waals surface area contributed by atoms with Gasteiger partial charge in [0, 0.05) is 11.5 Å². The van der Waals surface area contributed by atoms with Crippen molar-refractivity contribution in [3.8, 4) is 0 Å². The Hall–Kier alpha value is -1.62. The van der Waals surface area contributed by atoms with Gasteiger partial charge in [0.1, 0.15) is 5.82 Å². The van der Waals surface area contributed by atoms with E-state index >= 15 is 0 Å². The van der Waals surface area contributed by atoms with Crippen LogP contribution in [0.4, 0.5) is 4.39 Å². The van der Waals surface area contributed by atoms with Gasteiger partial charge in [-0.25, -0.2) is 4.39 Å². The highest BCUT2D eigenvalue weighted by atomic mass is 19.1. The Morgan fingerprint density at radius 2 is 2.00 bits per heavy atom. The van der Waals surface area contributed by atoms with E-state index in [1.807, 2.05) is 0 Å². The molecule has 3 saturated heterocycles. The summed E-state index contributed by atoms with van der Waals surface area (Å²) in [6.07, 6.45) is 2.30. The van der Waals surface area contributed by atoms with Crippen LogP contribution < -0.4 is 5.32 Å². The molecule has 100 valence electrons. The fourth-order valence-corrected chi connectivity index (χ4v) is 3.37. The molecule has 4 heterocycles. The third-order valence-electron chi connectivity index (χ3n) is 4.45. The monoisotopic (exact) mass is 261 g/mol. The van der Waals surface area contributed by atoms with Crippen LogP contribution >= 0.6 is 0 Å². The zero-order chi connectivity index (χ0) is 12.9. The zero-order valence-corrected chi connectivity index (χ0v) is 10.6. The summed E-state index contributed by atoms with van der Waals surface area (Å²) in [6, 6.07) is 6.35. The van der Waals surface area contributed by atoms with E-state index in [4.69, 9.17) is 4.84 Å². The number of halogens is 1. The van der Waals surface area contributed by atoms with Gasteiger partial charge in [0.15, 0.2) is 5.84 Å². The van der Waals surface area contributed by atoms with Crippen molar-refractivity contribution in [2.24, 2.45) is 11.1 Å². The molecule has 0 saturated carbocycles. The van der Waals surface area contributed by atoms with Crippen molar-refractivity contribution in [1.29, 1.82) is 0 Å². The number of hydrogen-bond donors (Lipinski definition) is 1. The van der Waals surface area contributed by atoms with Crippen molar-refractivity contribution in [3.05, 3.63) is 35.6 Å². The van der Waals surface area contributed by atoms with E-state index < -0.39 is 0 Å². The second-order valence-electron chi connectivity index (χ2n) is 5.60. The molecule has 19 heavy (non-hydrogen) atoms. The molecule has 4 nitrogen and oxygen atoms in total. The molecule has 1 unspecified atom stereocenters. The maximum Gasteiger partial charge on any atom is 0.224 e. The average molecular weight is 261 g/mol. The highest BCUT2D eigenvalue weighted by Gasteiger charge is 2.52. The van der Waals surface area contributed by atoms with Gasteiger partial charge in [-0.15, -0.1) is 0 Å². The molecule has 5 heteroatoms. The van der Waals surface area contributed by atoms with E-state index in [1.54, 1.807) is 12.1 Å². The first-order valence-electron chi connectivity index (χ1n) is 6.78. The lowest BCUT2D eigenvalue weighted by molar-refractivity contribution is -0.148. The van der Waals surface area contributed by atoms with E-state index in [-0.39, 0.29) is 11.5 Å². The Morgan fingerprint density at radius 1 is 1.26 bits per heavy atom. The summed E-state index contributed by atoms with van der Waals surface area (Å²) in [6.45, 7) is 3.19. The minimum absolute atomic E-state index is 0.235. The van der Waals surface area contributed by atoms with Gasteiger partial charge < -0.3 is 10.2 Å². The van der Waals surface area contributed by atoms with Crippen LogP contribution in [-0.2, 0) is 4.84 Å². The van der Waals surface area contributed by atoms with Gasteiger partial charge in [0.05, 0.1) is 6.54 Å². The van der Waals surface area contributed by atoms with Gasteiger partial charge in [-0.2, -0.15) is 0 Å². The van der Waals surface area contributed by atoms with Gasteiger partial charge in [-0.05, 0) is 50.2 Å². The SMILES string of the molecule is Fc1ccc(C2=NOC3(CN4CCC3CC4)N2)cc1. The van der Waals surface area contributed by atoms with E-state index in [2.05, 4.69) is 15.4 Å². The summed E-state index contributed by atoms with van der Waals surface area (Å²) in [5, 5.41) is 7.62. The van der Waals surface area contributed by atoms with Crippen LogP contribution in [0.2, 0.25) is 0 Å². The molecule has 1 spiro atoms.